The van der Waals surface area contributed by atoms with Gasteiger partial charge in [-0.25, -0.2) is 9.98 Å². The fourth-order valence-electron chi connectivity index (χ4n) is 2.12. The van der Waals surface area contributed by atoms with Gasteiger partial charge >= 0.3 is 0 Å². The number of para-hydroxylation sites is 1. The minimum atomic E-state index is 0.139. The number of nitrogens with zero attached hydrogens (tertiary/aromatic N) is 2. The maximum Gasteiger partial charge on any atom is 0.292 e. The topological polar surface area (TPSA) is 60.5 Å². The number of rotatable bonds is 6. The molecule has 0 radical (unpaired) electrons. The van der Waals surface area contributed by atoms with E-state index in [1.54, 1.807) is 11.3 Å². The zero-order valence-electron chi connectivity index (χ0n) is 14.3. The highest BCUT2D eigenvalue weighted by Crippen LogP contribution is 2.22. The number of nitrogens with two attached hydrogens (primary N) is 1. The number of thiazole rings is 1. The van der Waals surface area contributed by atoms with E-state index in [9.17, 15) is 0 Å². The summed E-state index contributed by atoms with van der Waals surface area (Å²) in [5, 5.41) is 3.11. The Morgan fingerprint density at radius 3 is 2.62 bits per heavy atom. The molecule has 0 amide bonds. The van der Waals surface area contributed by atoms with Gasteiger partial charge < -0.3 is 10.5 Å². The van der Waals surface area contributed by atoms with Crippen LogP contribution in [0.3, 0.4) is 0 Å². The number of aliphatic imine (C=N–C) groups is 1. The zero-order chi connectivity index (χ0) is 17.4. The molecule has 0 unspecified atom stereocenters. The first-order valence-electron chi connectivity index (χ1n) is 8.02. The van der Waals surface area contributed by atoms with Crippen LogP contribution in [-0.2, 0) is 0 Å². The number of aryl methyl sites for hydroxylation is 1. The van der Waals surface area contributed by atoms with Crippen molar-refractivity contribution in [3.05, 3.63) is 64.3 Å². The van der Waals surface area contributed by atoms with E-state index in [0.717, 1.165) is 34.8 Å². The second-order valence-electron chi connectivity index (χ2n) is 5.17. The molecule has 0 aliphatic heterocycles. The molecule has 2 N–H and O–H groups in total. The summed E-state index contributed by atoms with van der Waals surface area (Å²) in [7, 11) is 0. The summed E-state index contributed by atoms with van der Waals surface area (Å²) in [5.41, 5.74) is 8.82. The van der Waals surface area contributed by atoms with Gasteiger partial charge in [-0.3, -0.25) is 0 Å². The van der Waals surface area contributed by atoms with Gasteiger partial charge in [0.1, 0.15) is 5.75 Å². The van der Waals surface area contributed by atoms with E-state index in [2.05, 4.69) is 28.4 Å². The van der Waals surface area contributed by atoms with Crippen LogP contribution in [0, 0.1) is 6.92 Å². The zero-order valence-corrected chi connectivity index (χ0v) is 15.1. The first kappa shape index (κ1) is 17.9. The van der Waals surface area contributed by atoms with E-state index in [4.69, 9.17) is 10.5 Å². The van der Waals surface area contributed by atoms with Crippen LogP contribution in [0.1, 0.15) is 37.4 Å². The van der Waals surface area contributed by atoms with Gasteiger partial charge in [-0.1, -0.05) is 38.1 Å². The molecule has 0 aliphatic rings. The van der Waals surface area contributed by atoms with E-state index in [1.165, 1.54) is 0 Å². The summed E-state index contributed by atoms with van der Waals surface area (Å²) in [6, 6.07) is 9.54. The van der Waals surface area contributed by atoms with Gasteiger partial charge in [-0.05, 0) is 43.5 Å². The predicted molar refractivity (Wildman–Crippen MR) is 102 cm³/mol. The second-order valence-corrected chi connectivity index (χ2v) is 6.24. The Labute approximate surface area is 147 Å². The average molecular weight is 341 g/mol. The van der Waals surface area contributed by atoms with Crippen LogP contribution in [-0.4, -0.2) is 11.0 Å². The number of benzene rings is 1. The Kier molecular flexibility index (Phi) is 6.75. The van der Waals surface area contributed by atoms with Crippen molar-refractivity contribution < 1.29 is 4.74 Å². The highest BCUT2D eigenvalue weighted by Gasteiger charge is 2.05. The molecule has 24 heavy (non-hydrogen) atoms. The minimum absolute atomic E-state index is 0.139. The lowest BCUT2D eigenvalue weighted by atomic mass is 10.1. The van der Waals surface area contributed by atoms with Gasteiger partial charge in [0, 0.05) is 11.1 Å². The SMILES string of the molecule is CC/C=C(\C=C(/CC)N=C(N)Oc1ccccc1)c1csc(C)n1. The fourth-order valence-corrected chi connectivity index (χ4v) is 2.74. The lowest BCUT2D eigenvalue weighted by Gasteiger charge is -2.06. The smallest absolute Gasteiger partial charge is 0.292 e. The van der Waals surface area contributed by atoms with Gasteiger partial charge in [0.05, 0.1) is 10.7 Å². The molecule has 0 atom stereocenters. The molecule has 0 spiro atoms. The van der Waals surface area contributed by atoms with Crippen LogP contribution in [0.15, 0.2) is 58.6 Å². The van der Waals surface area contributed by atoms with E-state index in [0.29, 0.717) is 5.75 Å². The summed E-state index contributed by atoms with van der Waals surface area (Å²) >= 11 is 1.64. The van der Waals surface area contributed by atoms with E-state index >= 15 is 0 Å². The van der Waals surface area contributed by atoms with Crippen LogP contribution < -0.4 is 10.5 Å². The summed E-state index contributed by atoms with van der Waals surface area (Å²) in [5.74, 6) is 0.675. The maximum absolute atomic E-state index is 5.93. The lowest BCUT2D eigenvalue weighted by Crippen LogP contribution is -2.19. The summed E-state index contributed by atoms with van der Waals surface area (Å²) < 4.78 is 5.55. The van der Waals surface area contributed by atoms with E-state index in [1.807, 2.05) is 50.3 Å². The third-order valence-corrected chi connectivity index (χ3v) is 4.02. The quantitative estimate of drug-likeness (QED) is 0.460. The Morgan fingerprint density at radius 2 is 2.04 bits per heavy atom. The molecule has 2 rings (SSSR count). The largest absolute Gasteiger partial charge is 0.426 e. The predicted octanol–water partition coefficient (Wildman–Crippen LogP) is 4.93. The molecule has 5 heteroatoms. The van der Waals surface area contributed by atoms with Crippen LogP contribution >= 0.6 is 11.3 Å². The lowest BCUT2D eigenvalue weighted by molar-refractivity contribution is 0.541. The van der Waals surface area contributed by atoms with E-state index in [-0.39, 0.29) is 6.02 Å². The molecule has 0 aliphatic carbocycles. The minimum Gasteiger partial charge on any atom is -0.426 e. The monoisotopic (exact) mass is 341 g/mol. The molecule has 2 aromatic rings. The number of hydrogen-bond acceptors (Lipinski definition) is 4. The van der Waals surface area contributed by atoms with Gasteiger partial charge in [0.25, 0.3) is 6.02 Å². The number of aromatic nitrogens is 1. The average Bonchev–Trinajstić information content (AvgIpc) is 3.01. The maximum atomic E-state index is 5.93. The van der Waals surface area contributed by atoms with Crippen LogP contribution in [0.5, 0.6) is 5.75 Å². The molecule has 0 saturated heterocycles. The molecule has 0 saturated carbocycles. The first-order chi connectivity index (χ1) is 11.6. The normalized spacial score (nSPS) is 13.2. The Bertz CT molecular complexity index is 745. The van der Waals surface area contributed by atoms with Crippen molar-refractivity contribution in [2.24, 2.45) is 10.7 Å². The highest BCUT2D eigenvalue weighted by molar-refractivity contribution is 7.09. The Hall–Kier alpha value is -2.40. The van der Waals surface area contributed by atoms with Crippen molar-refractivity contribution in [3.63, 3.8) is 0 Å². The standard InChI is InChI=1S/C19H23N3OS/c1-4-9-15(18-13-24-14(3)21-18)12-16(5-2)22-19(20)23-17-10-7-6-8-11-17/h6-13H,4-5H2,1-3H3,(H2,20,22)/b15-9+,16-12+. The van der Waals surface area contributed by atoms with Crippen LogP contribution in [0.2, 0.25) is 0 Å². The molecule has 1 aromatic carbocycles. The molecule has 4 nitrogen and oxygen atoms in total. The third kappa shape index (κ3) is 5.35. The van der Waals surface area contributed by atoms with Gasteiger partial charge in [0.2, 0.25) is 0 Å². The summed E-state index contributed by atoms with van der Waals surface area (Å²) in [4.78, 5) is 8.97. The van der Waals surface area contributed by atoms with Crippen molar-refractivity contribution >= 4 is 22.9 Å². The van der Waals surface area contributed by atoms with Crippen molar-refractivity contribution in [1.29, 1.82) is 0 Å². The molecular weight excluding hydrogens is 318 g/mol. The van der Waals surface area contributed by atoms with Crippen LogP contribution in [0.25, 0.3) is 5.57 Å². The molecule has 0 bridgehead atoms. The van der Waals surface area contributed by atoms with Gasteiger partial charge in [-0.2, -0.15) is 0 Å². The van der Waals surface area contributed by atoms with Crippen molar-refractivity contribution in [2.75, 3.05) is 0 Å². The Balaban J connectivity index is 2.22. The van der Waals surface area contributed by atoms with Crippen molar-refractivity contribution in [3.8, 4) is 5.75 Å². The van der Waals surface area contributed by atoms with Crippen LogP contribution in [0.4, 0.5) is 0 Å². The highest BCUT2D eigenvalue weighted by atomic mass is 32.1. The second kappa shape index (κ2) is 9.03. The number of ether oxygens (including phenoxy) is 1. The Morgan fingerprint density at radius 1 is 1.29 bits per heavy atom. The molecule has 126 valence electrons. The van der Waals surface area contributed by atoms with Gasteiger partial charge in [-0.15, -0.1) is 11.3 Å². The van der Waals surface area contributed by atoms with Crippen molar-refractivity contribution in [1.82, 2.24) is 4.98 Å². The third-order valence-electron chi connectivity index (χ3n) is 3.24. The van der Waals surface area contributed by atoms with Crippen molar-refractivity contribution in [2.45, 2.75) is 33.6 Å². The number of amidine groups is 1. The fraction of sp³-hybridized carbons (Fsp3) is 0.263. The number of hydrogen-bond donors (Lipinski definition) is 1. The van der Waals surface area contributed by atoms with E-state index < -0.39 is 0 Å². The molecule has 0 fully saturated rings. The molecule has 1 heterocycles. The van der Waals surface area contributed by atoms with Gasteiger partial charge in [0.15, 0.2) is 0 Å². The molecule has 1 aromatic heterocycles. The number of allylic oxidation sites excluding steroid dienone is 4. The summed E-state index contributed by atoms with van der Waals surface area (Å²) in [6.45, 7) is 6.15. The first-order valence-corrected chi connectivity index (χ1v) is 8.90. The summed E-state index contributed by atoms with van der Waals surface area (Å²) in [6.07, 6.45) is 5.86. The molecular formula is C19H23N3OS.